The van der Waals surface area contributed by atoms with Crippen LogP contribution in [0, 0.1) is 10.1 Å². The van der Waals surface area contributed by atoms with E-state index in [4.69, 9.17) is 4.74 Å². The molecule has 0 spiro atoms. The third-order valence-corrected chi connectivity index (χ3v) is 4.27. The van der Waals surface area contributed by atoms with Crippen molar-refractivity contribution in [3.05, 3.63) is 64.7 Å². The van der Waals surface area contributed by atoms with Crippen LogP contribution >= 0.6 is 0 Å². The Hall–Kier alpha value is -4.08. The molecule has 2 amide bonds. The number of carbonyl (C=O) groups excluding carboxylic acids is 3. The molecule has 1 aliphatic rings. The molecular weight excluding hydrogens is 392 g/mol. The van der Waals surface area contributed by atoms with Gasteiger partial charge in [-0.2, -0.15) is 5.10 Å². The summed E-state index contributed by atoms with van der Waals surface area (Å²) in [6, 6.07) is 13.9. The maximum absolute atomic E-state index is 12.4. The zero-order valence-corrected chi connectivity index (χ0v) is 16.0. The fraction of sp³-hybridized carbons (Fsp3) is 0.200. The third kappa shape index (κ3) is 4.85. The van der Waals surface area contributed by atoms with Gasteiger partial charge in [-0.1, -0.05) is 18.2 Å². The number of anilines is 2. The van der Waals surface area contributed by atoms with Gasteiger partial charge in [-0.15, -0.1) is 0 Å². The topological polar surface area (TPSA) is 131 Å². The second-order valence-electron chi connectivity index (χ2n) is 6.43. The lowest BCUT2D eigenvalue weighted by atomic mass is 10.1. The van der Waals surface area contributed by atoms with Crippen LogP contribution in [0.25, 0.3) is 0 Å². The Labute approximate surface area is 171 Å². The number of nitro benzene ring substituents is 1. The molecule has 0 aliphatic carbocycles. The Bertz CT molecular complexity index is 1000. The molecule has 1 N–H and O–H groups in total. The summed E-state index contributed by atoms with van der Waals surface area (Å²) in [5.41, 5.74) is 0.773. The van der Waals surface area contributed by atoms with Crippen molar-refractivity contribution in [1.29, 1.82) is 0 Å². The van der Waals surface area contributed by atoms with Crippen LogP contribution < -0.4 is 10.3 Å². The van der Waals surface area contributed by atoms with E-state index in [-0.39, 0.29) is 30.1 Å². The Morgan fingerprint density at radius 1 is 1.13 bits per heavy atom. The summed E-state index contributed by atoms with van der Waals surface area (Å²) in [7, 11) is 0. The number of rotatable bonds is 6. The van der Waals surface area contributed by atoms with Crippen LogP contribution in [0.15, 0.2) is 59.7 Å². The number of para-hydroxylation sites is 1. The van der Waals surface area contributed by atoms with E-state index < -0.39 is 22.9 Å². The third-order valence-electron chi connectivity index (χ3n) is 4.27. The van der Waals surface area contributed by atoms with Crippen LogP contribution in [0.4, 0.5) is 17.1 Å². The smallest absolute Gasteiger partial charge is 0.355 e. The molecule has 1 aliphatic heterocycles. The second kappa shape index (κ2) is 8.95. The van der Waals surface area contributed by atoms with Crippen LogP contribution in [0.3, 0.4) is 0 Å². The van der Waals surface area contributed by atoms with Crippen molar-refractivity contribution in [3.8, 4) is 0 Å². The molecule has 1 unspecified atom stereocenters. The lowest BCUT2D eigenvalue weighted by molar-refractivity contribution is -0.384. The lowest BCUT2D eigenvalue weighted by Crippen LogP contribution is -2.37. The highest BCUT2D eigenvalue weighted by atomic mass is 16.6. The number of nitrogens with zero attached hydrogens (tertiary/aromatic N) is 3. The van der Waals surface area contributed by atoms with Crippen molar-refractivity contribution in [1.82, 2.24) is 0 Å². The monoisotopic (exact) mass is 410 g/mol. The highest BCUT2D eigenvalue weighted by Gasteiger charge is 2.28. The first-order chi connectivity index (χ1) is 14.3. The highest BCUT2D eigenvalue weighted by Crippen LogP contribution is 2.20. The highest BCUT2D eigenvalue weighted by molar-refractivity contribution is 6.38. The molecule has 30 heavy (non-hydrogen) atoms. The second-order valence-corrected chi connectivity index (χ2v) is 6.43. The van der Waals surface area contributed by atoms with Crippen molar-refractivity contribution in [2.24, 2.45) is 5.10 Å². The first kappa shape index (κ1) is 20.6. The fourth-order valence-corrected chi connectivity index (χ4v) is 2.66. The lowest BCUT2D eigenvalue weighted by Gasteiger charge is -2.23. The molecule has 0 radical (unpaired) electrons. The molecule has 10 heteroatoms. The van der Waals surface area contributed by atoms with Gasteiger partial charge >= 0.3 is 5.97 Å². The van der Waals surface area contributed by atoms with Crippen molar-refractivity contribution in [2.45, 2.75) is 25.9 Å². The van der Waals surface area contributed by atoms with Crippen LogP contribution in [0.2, 0.25) is 0 Å². The summed E-state index contributed by atoms with van der Waals surface area (Å²) in [6.07, 6.45) is -0.942. The van der Waals surface area contributed by atoms with Gasteiger partial charge in [0.15, 0.2) is 6.10 Å². The minimum atomic E-state index is -1.14. The summed E-state index contributed by atoms with van der Waals surface area (Å²) in [5, 5.41) is 18.4. The molecule has 10 nitrogen and oxygen atoms in total. The largest absolute Gasteiger partial charge is 0.448 e. The van der Waals surface area contributed by atoms with E-state index in [1.54, 1.807) is 30.3 Å². The number of non-ortho nitro benzene ring substituents is 1. The van der Waals surface area contributed by atoms with Gasteiger partial charge < -0.3 is 10.1 Å². The average molecular weight is 410 g/mol. The van der Waals surface area contributed by atoms with Crippen LogP contribution in [-0.4, -0.2) is 34.5 Å². The van der Waals surface area contributed by atoms with E-state index in [0.717, 1.165) is 5.01 Å². The molecule has 0 saturated heterocycles. The summed E-state index contributed by atoms with van der Waals surface area (Å²) < 4.78 is 5.18. The molecule has 0 bridgehead atoms. The van der Waals surface area contributed by atoms with Gasteiger partial charge in [0, 0.05) is 30.7 Å². The molecule has 1 heterocycles. The van der Waals surface area contributed by atoms with Gasteiger partial charge in [0.25, 0.3) is 11.6 Å². The normalized spacial score (nSPS) is 14.5. The van der Waals surface area contributed by atoms with Crippen molar-refractivity contribution < 1.29 is 24.0 Å². The number of hydrazone groups is 1. The summed E-state index contributed by atoms with van der Waals surface area (Å²) in [5.74, 6) is -1.65. The number of benzene rings is 2. The number of carbonyl (C=O) groups is 3. The molecule has 1 atom stereocenters. The zero-order valence-electron chi connectivity index (χ0n) is 16.0. The van der Waals surface area contributed by atoms with Crippen molar-refractivity contribution in [3.63, 3.8) is 0 Å². The molecule has 0 aromatic heterocycles. The van der Waals surface area contributed by atoms with Gasteiger partial charge in [-0.25, -0.2) is 9.80 Å². The van der Waals surface area contributed by atoms with Crippen LogP contribution in [-0.2, 0) is 19.1 Å². The fourth-order valence-electron chi connectivity index (χ4n) is 2.66. The van der Waals surface area contributed by atoms with E-state index in [2.05, 4.69) is 10.4 Å². The van der Waals surface area contributed by atoms with Crippen molar-refractivity contribution in [2.75, 3.05) is 10.3 Å². The number of hydrogen-bond acceptors (Lipinski definition) is 7. The Balaban J connectivity index is 1.63. The SMILES string of the molecule is CC(OC(=O)C1=NN(c2ccccc2)C(=O)CC1)C(=O)Nc1ccc([N+](=O)[O-])cc1. The zero-order chi connectivity index (χ0) is 21.7. The molecule has 154 valence electrons. The molecule has 0 saturated carbocycles. The van der Waals surface area contributed by atoms with Crippen LogP contribution in [0.1, 0.15) is 19.8 Å². The summed E-state index contributed by atoms with van der Waals surface area (Å²) in [4.78, 5) is 46.9. The Kier molecular flexibility index (Phi) is 6.16. The van der Waals surface area contributed by atoms with E-state index in [1.807, 2.05) is 0 Å². The Morgan fingerprint density at radius 3 is 2.43 bits per heavy atom. The van der Waals surface area contributed by atoms with Crippen LogP contribution in [0.5, 0.6) is 0 Å². The quantitative estimate of drug-likeness (QED) is 0.442. The summed E-state index contributed by atoms with van der Waals surface area (Å²) in [6.45, 7) is 1.39. The van der Waals surface area contributed by atoms with Gasteiger partial charge in [0.1, 0.15) is 5.71 Å². The molecule has 3 rings (SSSR count). The minimum absolute atomic E-state index is 0.0356. The van der Waals surface area contributed by atoms with Gasteiger partial charge in [-0.05, 0) is 31.2 Å². The average Bonchev–Trinajstić information content (AvgIpc) is 2.75. The van der Waals surface area contributed by atoms with Gasteiger partial charge in [-0.3, -0.25) is 19.7 Å². The number of nitrogens with one attached hydrogen (secondary N) is 1. The Morgan fingerprint density at radius 2 is 1.80 bits per heavy atom. The molecule has 0 fully saturated rings. The number of ether oxygens (including phenoxy) is 1. The summed E-state index contributed by atoms with van der Waals surface area (Å²) >= 11 is 0. The van der Waals surface area contributed by atoms with E-state index in [0.29, 0.717) is 11.4 Å². The molecule has 2 aromatic rings. The number of nitro groups is 1. The number of esters is 1. The maximum atomic E-state index is 12.4. The minimum Gasteiger partial charge on any atom is -0.448 e. The predicted molar refractivity (Wildman–Crippen MR) is 108 cm³/mol. The maximum Gasteiger partial charge on any atom is 0.355 e. The first-order valence-corrected chi connectivity index (χ1v) is 9.07. The standard InChI is InChI=1S/C20H18N4O6/c1-13(19(26)21-14-7-9-16(10-8-14)24(28)29)30-20(27)17-11-12-18(25)23(22-17)15-5-3-2-4-6-15/h2-10,13H,11-12H2,1H3,(H,21,26). The predicted octanol–water partition coefficient (Wildman–Crippen LogP) is 2.65. The number of hydrogen-bond donors (Lipinski definition) is 1. The van der Waals surface area contributed by atoms with E-state index >= 15 is 0 Å². The first-order valence-electron chi connectivity index (χ1n) is 9.07. The van der Waals surface area contributed by atoms with Gasteiger partial charge in [0.05, 0.1) is 10.6 Å². The van der Waals surface area contributed by atoms with E-state index in [1.165, 1.54) is 31.2 Å². The van der Waals surface area contributed by atoms with Crippen molar-refractivity contribution >= 4 is 40.6 Å². The van der Waals surface area contributed by atoms with E-state index in [9.17, 15) is 24.5 Å². The van der Waals surface area contributed by atoms with Gasteiger partial charge in [0.2, 0.25) is 5.91 Å². The number of amides is 2. The molecule has 2 aromatic carbocycles. The molecular formula is C20H18N4O6.